The summed E-state index contributed by atoms with van der Waals surface area (Å²) in [6, 6.07) is 17.9. The lowest BCUT2D eigenvalue weighted by molar-refractivity contribution is 0.0862. The Kier molecular flexibility index (Phi) is 5.32. The van der Waals surface area contributed by atoms with Crippen molar-refractivity contribution >= 4 is 5.69 Å². The first-order valence-corrected chi connectivity index (χ1v) is 10.8. The number of fused-ring (bicyclic) bond motifs is 2. The van der Waals surface area contributed by atoms with E-state index in [1.165, 1.54) is 0 Å². The van der Waals surface area contributed by atoms with Crippen molar-refractivity contribution in [1.29, 1.82) is 0 Å². The quantitative estimate of drug-likeness (QED) is 0.556. The van der Waals surface area contributed by atoms with Gasteiger partial charge in [-0.25, -0.2) is 0 Å². The molecular formula is C26H27NO6. The van der Waals surface area contributed by atoms with Crippen LogP contribution in [-0.4, -0.2) is 33.8 Å². The second-order valence-corrected chi connectivity index (χ2v) is 8.28. The zero-order chi connectivity index (χ0) is 23.0. The Morgan fingerprint density at radius 1 is 0.848 bits per heavy atom. The topological polar surface area (TPSA) is 67.4 Å². The highest BCUT2D eigenvalue weighted by atomic mass is 16.7. The molecule has 0 spiro atoms. The Balaban J connectivity index is 1.63. The number of para-hydroxylation sites is 1. The molecule has 5 rings (SSSR count). The van der Waals surface area contributed by atoms with Gasteiger partial charge in [-0.1, -0.05) is 18.2 Å². The highest BCUT2D eigenvalue weighted by molar-refractivity contribution is 5.60. The number of methoxy groups -OCH3 is 3. The van der Waals surface area contributed by atoms with Gasteiger partial charge in [-0.15, -0.1) is 0 Å². The number of hydrogen-bond acceptors (Lipinski definition) is 7. The molecule has 1 N–H and O–H groups in total. The summed E-state index contributed by atoms with van der Waals surface area (Å²) in [5, 5.41) is 3.56. The van der Waals surface area contributed by atoms with Gasteiger partial charge in [0.05, 0.1) is 21.3 Å². The summed E-state index contributed by atoms with van der Waals surface area (Å²) in [5.41, 5.74) is 2.34. The molecule has 2 heterocycles. The summed E-state index contributed by atoms with van der Waals surface area (Å²) in [5.74, 6) is 3.90. The second kappa shape index (κ2) is 8.31. The summed E-state index contributed by atoms with van der Waals surface area (Å²) in [4.78, 5) is 0. The fourth-order valence-electron chi connectivity index (χ4n) is 4.59. The summed E-state index contributed by atoms with van der Waals surface area (Å²) >= 11 is 0. The average molecular weight is 450 g/mol. The molecule has 0 unspecified atom stereocenters. The molecule has 33 heavy (non-hydrogen) atoms. The lowest BCUT2D eigenvalue weighted by Crippen LogP contribution is -2.45. The van der Waals surface area contributed by atoms with E-state index in [1.807, 2.05) is 54.6 Å². The smallest absolute Gasteiger partial charge is 0.231 e. The van der Waals surface area contributed by atoms with Gasteiger partial charge in [0.2, 0.25) is 12.5 Å². The predicted molar refractivity (Wildman–Crippen MR) is 124 cm³/mol. The first kappa shape index (κ1) is 21.1. The van der Waals surface area contributed by atoms with E-state index in [-0.39, 0.29) is 12.7 Å². The standard InChI is InChI=1S/C26H27NO6/c1-26(27-17-8-6-5-7-9-17)14-19(16-10-23(28-2)25(30-4)24(11-16)29-3)18-12-21-22(32-15-31-21)13-20(18)33-26/h5-13,19,27H,14-15H2,1-4H3/t19-,26+/m1/s1. The minimum Gasteiger partial charge on any atom is -0.493 e. The van der Waals surface area contributed by atoms with Crippen molar-refractivity contribution in [1.82, 2.24) is 0 Å². The van der Waals surface area contributed by atoms with Crippen molar-refractivity contribution in [2.75, 3.05) is 33.4 Å². The van der Waals surface area contributed by atoms with Crippen LogP contribution in [0.1, 0.15) is 30.4 Å². The molecule has 0 saturated carbocycles. The molecule has 0 radical (unpaired) electrons. The van der Waals surface area contributed by atoms with Crippen LogP contribution in [0, 0.1) is 0 Å². The van der Waals surface area contributed by atoms with Gasteiger partial charge in [-0.05, 0) is 42.8 Å². The molecule has 3 aromatic carbocycles. The summed E-state index contributed by atoms with van der Waals surface area (Å²) in [7, 11) is 4.85. The zero-order valence-electron chi connectivity index (χ0n) is 19.1. The molecule has 0 aromatic heterocycles. The third-order valence-corrected chi connectivity index (χ3v) is 6.08. The number of anilines is 1. The van der Waals surface area contributed by atoms with Gasteiger partial charge < -0.3 is 33.7 Å². The van der Waals surface area contributed by atoms with E-state index < -0.39 is 5.72 Å². The Morgan fingerprint density at radius 2 is 1.52 bits per heavy atom. The van der Waals surface area contributed by atoms with Crippen LogP contribution in [0.5, 0.6) is 34.5 Å². The maximum absolute atomic E-state index is 6.52. The first-order valence-electron chi connectivity index (χ1n) is 10.8. The Bertz CT molecular complexity index is 1140. The van der Waals surface area contributed by atoms with Crippen molar-refractivity contribution in [3.63, 3.8) is 0 Å². The first-order chi connectivity index (χ1) is 16.0. The van der Waals surface area contributed by atoms with Crippen LogP contribution in [0.15, 0.2) is 54.6 Å². The van der Waals surface area contributed by atoms with Crippen molar-refractivity contribution in [2.24, 2.45) is 0 Å². The van der Waals surface area contributed by atoms with E-state index in [0.29, 0.717) is 29.4 Å². The van der Waals surface area contributed by atoms with E-state index in [1.54, 1.807) is 21.3 Å². The minimum absolute atomic E-state index is 0.0295. The fourth-order valence-corrected chi connectivity index (χ4v) is 4.59. The molecule has 0 amide bonds. The largest absolute Gasteiger partial charge is 0.493 e. The van der Waals surface area contributed by atoms with Gasteiger partial charge in [-0.3, -0.25) is 0 Å². The van der Waals surface area contributed by atoms with Crippen LogP contribution >= 0.6 is 0 Å². The Morgan fingerprint density at radius 3 is 2.15 bits per heavy atom. The number of rotatable bonds is 6. The van der Waals surface area contributed by atoms with Crippen LogP contribution in [0.3, 0.4) is 0 Å². The molecule has 172 valence electrons. The molecule has 0 aliphatic carbocycles. The highest BCUT2D eigenvalue weighted by Crippen LogP contribution is 2.51. The van der Waals surface area contributed by atoms with Gasteiger partial charge in [0.1, 0.15) is 5.75 Å². The SMILES string of the molecule is COc1cc([C@H]2C[C@@](C)(Nc3ccccc3)Oc3cc4c(cc32)OCO4)cc(OC)c1OC. The molecule has 7 nitrogen and oxygen atoms in total. The van der Waals surface area contributed by atoms with Crippen molar-refractivity contribution in [2.45, 2.75) is 25.0 Å². The third kappa shape index (κ3) is 3.84. The second-order valence-electron chi connectivity index (χ2n) is 8.28. The molecule has 0 fully saturated rings. The summed E-state index contributed by atoms with van der Waals surface area (Å²) in [6.45, 7) is 2.26. The van der Waals surface area contributed by atoms with Crippen LogP contribution < -0.4 is 33.7 Å². The zero-order valence-corrected chi connectivity index (χ0v) is 19.1. The van der Waals surface area contributed by atoms with Crippen LogP contribution in [-0.2, 0) is 0 Å². The predicted octanol–water partition coefficient (Wildman–Crippen LogP) is 5.18. The average Bonchev–Trinajstić information content (AvgIpc) is 3.29. The number of benzene rings is 3. The maximum atomic E-state index is 6.52. The minimum atomic E-state index is -0.673. The van der Waals surface area contributed by atoms with Crippen LogP contribution in [0.25, 0.3) is 0 Å². The summed E-state index contributed by atoms with van der Waals surface area (Å²) < 4.78 is 34.6. The molecule has 3 aromatic rings. The van der Waals surface area contributed by atoms with Crippen LogP contribution in [0.2, 0.25) is 0 Å². The summed E-state index contributed by atoms with van der Waals surface area (Å²) in [6.07, 6.45) is 0.660. The fraction of sp³-hybridized carbons (Fsp3) is 0.308. The van der Waals surface area contributed by atoms with E-state index in [4.69, 9.17) is 28.4 Å². The van der Waals surface area contributed by atoms with E-state index >= 15 is 0 Å². The normalized spacial score (nSPS) is 20.4. The molecule has 0 bridgehead atoms. The molecular weight excluding hydrogens is 422 g/mol. The molecule has 0 saturated heterocycles. The van der Waals surface area contributed by atoms with Gasteiger partial charge in [0.25, 0.3) is 0 Å². The maximum Gasteiger partial charge on any atom is 0.231 e. The third-order valence-electron chi connectivity index (χ3n) is 6.08. The highest BCUT2D eigenvalue weighted by Gasteiger charge is 2.40. The van der Waals surface area contributed by atoms with Gasteiger partial charge in [0, 0.05) is 29.7 Å². The van der Waals surface area contributed by atoms with Crippen LogP contribution in [0.4, 0.5) is 5.69 Å². The van der Waals surface area contributed by atoms with Crippen molar-refractivity contribution in [3.05, 3.63) is 65.7 Å². The molecule has 2 aliphatic heterocycles. The number of ether oxygens (including phenoxy) is 6. The molecule has 2 atom stereocenters. The Labute approximate surface area is 193 Å². The monoisotopic (exact) mass is 449 g/mol. The van der Waals surface area contributed by atoms with Gasteiger partial charge >= 0.3 is 0 Å². The van der Waals surface area contributed by atoms with E-state index in [2.05, 4.69) is 12.2 Å². The van der Waals surface area contributed by atoms with Crippen molar-refractivity contribution < 1.29 is 28.4 Å². The van der Waals surface area contributed by atoms with E-state index in [9.17, 15) is 0 Å². The Hall–Kier alpha value is -3.74. The van der Waals surface area contributed by atoms with Gasteiger partial charge in [-0.2, -0.15) is 0 Å². The van der Waals surface area contributed by atoms with Gasteiger partial charge in [0.15, 0.2) is 28.7 Å². The molecule has 7 heteroatoms. The lowest BCUT2D eigenvalue weighted by atomic mass is 9.81. The number of hydrogen-bond donors (Lipinski definition) is 1. The van der Waals surface area contributed by atoms with Crippen molar-refractivity contribution in [3.8, 4) is 34.5 Å². The van der Waals surface area contributed by atoms with E-state index in [0.717, 1.165) is 28.3 Å². The number of nitrogens with one attached hydrogen (secondary N) is 1. The molecule has 2 aliphatic rings. The lowest BCUT2D eigenvalue weighted by Gasteiger charge is -2.41.